The third kappa shape index (κ3) is 3.50. The van der Waals surface area contributed by atoms with Gasteiger partial charge in [0.15, 0.2) is 11.5 Å². The predicted molar refractivity (Wildman–Crippen MR) is 136 cm³/mol. The van der Waals surface area contributed by atoms with Crippen LogP contribution in [0, 0.1) is 5.92 Å². The number of anilines is 1. The van der Waals surface area contributed by atoms with Gasteiger partial charge in [-0.3, -0.25) is 9.69 Å². The summed E-state index contributed by atoms with van der Waals surface area (Å²) in [5, 5.41) is 3.36. The van der Waals surface area contributed by atoms with Gasteiger partial charge in [-0.15, -0.1) is 0 Å². The summed E-state index contributed by atoms with van der Waals surface area (Å²) < 4.78 is 24.0. The van der Waals surface area contributed by atoms with Crippen LogP contribution >= 0.6 is 15.9 Å². The van der Waals surface area contributed by atoms with E-state index in [0.717, 1.165) is 41.5 Å². The molecular formula is C27H29BrN2O6. The summed E-state index contributed by atoms with van der Waals surface area (Å²) in [6, 6.07) is 8.63. The van der Waals surface area contributed by atoms with Crippen molar-refractivity contribution < 1.29 is 28.5 Å². The number of nitrogens with one attached hydrogen (secondary N) is 1. The van der Waals surface area contributed by atoms with Crippen LogP contribution < -0.4 is 24.4 Å². The van der Waals surface area contributed by atoms with Crippen molar-refractivity contribution >= 4 is 33.5 Å². The first-order chi connectivity index (χ1) is 17.2. The van der Waals surface area contributed by atoms with Gasteiger partial charge in [-0.25, -0.2) is 4.79 Å². The molecule has 0 aliphatic carbocycles. The third-order valence-electron chi connectivity index (χ3n) is 7.40. The number of amides is 1. The zero-order chi connectivity index (χ0) is 25.2. The summed E-state index contributed by atoms with van der Waals surface area (Å²) in [6.07, 6.45) is 1.55. The van der Waals surface area contributed by atoms with Gasteiger partial charge in [-0.2, -0.15) is 0 Å². The van der Waals surface area contributed by atoms with Crippen molar-refractivity contribution in [3.63, 3.8) is 0 Å². The molecule has 6 rings (SSSR count). The van der Waals surface area contributed by atoms with Crippen LogP contribution in [0.2, 0.25) is 0 Å². The lowest BCUT2D eigenvalue weighted by molar-refractivity contribution is -0.159. The van der Waals surface area contributed by atoms with Gasteiger partial charge >= 0.3 is 5.97 Å². The quantitative estimate of drug-likeness (QED) is 0.573. The van der Waals surface area contributed by atoms with Crippen LogP contribution in [0.3, 0.4) is 0 Å². The van der Waals surface area contributed by atoms with Gasteiger partial charge in [0.1, 0.15) is 29.4 Å². The molecule has 0 radical (unpaired) electrons. The van der Waals surface area contributed by atoms with E-state index in [-0.39, 0.29) is 31.2 Å². The van der Waals surface area contributed by atoms with Gasteiger partial charge in [0, 0.05) is 21.7 Å². The molecule has 9 heteroatoms. The normalized spacial score (nSPS) is 23.4. The van der Waals surface area contributed by atoms with Gasteiger partial charge < -0.3 is 24.3 Å². The Morgan fingerprint density at radius 2 is 1.86 bits per heavy atom. The van der Waals surface area contributed by atoms with Crippen molar-refractivity contribution in [1.29, 1.82) is 0 Å². The van der Waals surface area contributed by atoms with Crippen LogP contribution in [0.4, 0.5) is 5.69 Å². The van der Waals surface area contributed by atoms with Crippen molar-refractivity contribution in [2.45, 2.75) is 50.7 Å². The molecule has 0 saturated carbocycles. The molecule has 0 bridgehead atoms. The van der Waals surface area contributed by atoms with E-state index < -0.39 is 17.1 Å². The Bertz CT molecular complexity index is 1250. The van der Waals surface area contributed by atoms with E-state index in [4.69, 9.17) is 18.9 Å². The molecule has 1 spiro atoms. The highest BCUT2D eigenvalue weighted by molar-refractivity contribution is 9.10. The molecule has 4 aliphatic rings. The topological polar surface area (TPSA) is 86.3 Å². The first-order valence-electron chi connectivity index (χ1n) is 12.3. The Kier molecular flexibility index (Phi) is 5.50. The minimum Gasteiger partial charge on any atom is -0.491 e. The maximum atomic E-state index is 14.7. The molecule has 2 unspecified atom stereocenters. The highest BCUT2D eigenvalue weighted by atomic mass is 79.9. The highest BCUT2D eigenvalue weighted by Gasteiger charge is 2.61. The zero-order valence-corrected chi connectivity index (χ0v) is 22.1. The number of nitrogens with zero attached hydrogens (tertiary/aromatic N) is 1. The molecule has 36 heavy (non-hydrogen) atoms. The molecule has 1 amide bonds. The summed E-state index contributed by atoms with van der Waals surface area (Å²) in [7, 11) is 0. The molecule has 2 aromatic carbocycles. The molecule has 4 aliphatic heterocycles. The van der Waals surface area contributed by atoms with Crippen molar-refractivity contribution in [2.24, 2.45) is 5.92 Å². The number of ether oxygens (including phenoxy) is 4. The average molecular weight is 557 g/mol. The Hall–Kier alpha value is -2.78. The SMILES string of the molecule is CC(C)(C)OC(=O)C(C1CCNCC1)N1C(=O)C2(COc3cc4c(cc32)OCO4)c2c(Br)cccc21. The van der Waals surface area contributed by atoms with E-state index in [0.29, 0.717) is 22.9 Å². The minimum absolute atomic E-state index is 0.0365. The van der Waals surface area contributed by atoms with Crippen molar-refractivity contribution in [3.8, 4) is 17.2 Å². The van der Waals surface area contributed by atoms with Crippen LogP contribution in [-0.2, 0) is 19.7 Å². The Balaban J connectivity index is 1.52. The number of piperidine rings is 1. The van der Waals surface area contributed by atoms with E-state index in [1.54, 1.807) is 11.0 Å². The lowest BCUT2D eigenvalue weighted by atomic mass is 9.77. The molecule has 1 saturated heterocycles. The third-order valence-corrected chi connectivity index (χ3v) is 8.06. The fourth-order valence-electron chi connectivity index (χ4n) is 5.89. The maximum absolute atomic E-state index is 14.7. The van der Waals surface area contributed by atoms with Crippen LogP contribution in [0.25, 0.3) is 0 Å². The van der Waals surface area contributed by atoms with Gasteiger partial charge in [0.2, 0.25) is 12.7 Å². The number of hydrogen-bond donors (Lipinski definition) is 1. The molecule has 0 aromatic heterocycles. The lowest BCUT2D eigenvalue weighted by Gasteiger charge is -2.37. The molecule has 1 N–H and O–H groups in total. The number of halogens is 1. The Morgan fingerprint density at radius 3 is 2.58 bits per heavy atom. The summed E-state index contributed by atoms with van der Waals surface area (Å²) in [4.78, 5) is 30.1. The van der Waals surface area contributed by atoms with Crippen LogP contribution in [0.1, 0.15) is 44.7 Å². The number of benzene rings is 2. The van der Waals surface area contributed by atoms with Crippen LogP contribution in [0.5, 0.6) is 17.2 Å². The fourth-order valence-corrected chi connectivity index (χ4v) is 6.58. The van der Waals surface area contributed by atoms with Crippen molar-refractivity contribution in [2.75, 3.05) is 31.4 Å². The van der Waals surface area contributed by atoms with E-state index in [2.05, 4.69) is 21.2 Å². The lowest BCUT2D eigenvalue weighted by Crippen LogP contribution is -2.55. The Labute approximate surface area is 218 Å². The number of esters is 1. The second-order valence-corrected chi connectivity index (χ2v) is 11.6. The maximum Gasteiger partial charge on any atom is 0.330 e. The first-order valence-corrected chi connectivity index (χ1v) is 13.1. The standard InChI is InChI=1S/C27H29BrN2O6/c1-26(2,3)36-24(31)23(15-7-9-29-10-8-15)30-18-6-4-5-17(28)22(18)27(25(30)32)13-33-19-12-21-20(11-16(19)27)34-14-35-21/h4-6,11-12,15,23,29H,7-10,13-14H2,1-3H3. The van der Waals surface area contributed by atoms with E-state index >= 15 is 0 Å². The van der Waals surface area contributed by atoms with E-state index in [1.165, 1.54) is 0 Å². The molecule has 8 nitrogen and oxygen atoms in total. The average Bonchev–Trinajstić information content (AvgIpc) is 3.50. The number of fused-ring (bicyclic) bond motifs is 5. The summed E-state index contributed by atoms with van der Waals surface area (Å²) in [5.41, 5.74) is 0.441. The van der Waals surface area contributed by atoms with Gasteiger partial charge in [-0.05, 0) is 70.8 Å². The number of hydrogen-bond acceptors (Lipinski definition) is 7. The van der Waals surface area contributed by atoms with Crippen LogP contribution in [-0.4, -0.2) is 50.0 Å². The monoisotopic (exact) mass is 556 g/mol. The van der Waals surface area contributed by atoms with Crippen molar-refractivity contribution in [3.05, 3.63) is 45.9 Å². The van der Waals surface area contributed by atoms with Gasteiger partial charge in [-0.1, -0.05) is 22.0 Å². The first kappa shape index (κ1) is 23.6. The molecular weight excluding hydrogens is 528 g/mol. The molecule has 2 aromatic rings. The van der Waals surface area contributed by atoms with Crippen LogP contribution in [0.15, 0.2) is 34.8 Å². The summed E-state index contributed by atoms with van der Waals surface area (Å²) in [6.45, 7) is 7.39. The second-order valence-electron chi connectivity index (χ2n) is 10.8. The molecule has 2 atom stereocenters. The summed E-state index contributed by atoms with van der Waals surface area (Å²) in [5.74, 6) is 1.17. The summed E-state index contributed by atoms with van der Waals surface area (Å²) >= 11 is 3.72. The number of carbonyl (C=O) groups excluding carboxylic acids is 2. The van der Waals surface area contributed by atoms with Gasteiger partial charge in [0.05, 0.1) is 5.69 Å². The van der Waals surface area contributed by atoms with E-state index in [9.17, 15) is 9.59 Å². The zero-order valence-electron chi connectivity index (χ0n) is 20.6. The smallest absolute Gasteiger partial charge is 0.330 e. The fraction of sp³-hybridized carbons (Fsp3) is 0.481. The molecule has 4 heterocycles. The number of rotatable bonds is 3. The van der Waals surface area contributed by atoms with Gasteiger partial charge in [0.25, 0.3) is 0 Å². The largest absolute Gasteiger partial charge is 0.491 e. The Morgan fingerprint density at radius 1 is 1.14 bits per heavy atom. The minimum atomic E-state index is -1.11. The second kappa shape index (κ2) is 8.38. The molecule has 1 fully saturated rings. The predicted octanol–water partition coefficient (Wildman–Crippen LogP) is 3.91. The number of carbonyl (C=O) groups is 2. The van der Waals surface area contributed by atoms with E-state index in [1.807, 2.05) is 45.0 Å². The van der Waals surface area contributed by atoms with Crippen molar-refractivity contribution in [1.82, 2.24) is 5.32 Å². The molecule has 190 valence electrons. The highest BCUT2D eigenvalue weighted by Crippen LogP contribution is 2.57.